The van der Waals surface area contributed by atoms with Crippen molar-refractivity contribution < 1.29 is 14.5 Å². The molecule has 2 N–H and O–H groups in total. The van der Waals surface area contributed by atoms with Crippen LogP contribution in [0.15, 0.2) is 15.0 Å². The molecule has 1 aromatic carbocycles. The van der Waals surface area contributed by atoms with Gasteiger partial charge in [-0.25, -0.2) is 4.79 Å². The summed E-state index contributed by atoms with van der Waals surface area (Å²) in [6.45, 7) is 0. The number of hydrogen-bond donors (Lipinski definition) is 1. The van der Waals surface area contributed by atoms with Crippen molar-refractivity contribution in [3.8, 4) is 0 Å². The number of nitro groups is 1. The number of nitrogen functional groups attached to an aromatic ring is 1. The molecule has 0 saturated carbocycles. The zero-order chi connectivity index (χ0) is 12.5. The maximum Gasteiger partial charge on any atom is 0.346 e. The molecular formula is C8H6Br2N2O4. The Morgan fingerprint density at radius 2 is 2.12 bits per heavy atom. The number of halogens is 2. The van der Waals surface area contributed by atoms with E-state index in [9.17, 15) is 14.9 Å². The van der Waals surface area contributed by atoms with Crippen LogP contribution in [0, 0.1) is 10.1 Å². The second-order valence-electron chi connectivity index (χ2n) is 2.73. The van der Waals surface area contributed by atoms with Crippen molar-refractivity contribution in [2.45, 2.75) is 0 Å². The molecule has 1 aromatic rings. The van der Waals surface area contributed by atoms with E-state index in [-0.39, 0.29) is 21.4 Å². The molecule has 1 rings (SSSR count). The van der Waals surface area contributed by atoms with E-state index in [4.69, 9.17) is 5.73 Å². The van der Waals surface area contributed by atoms with Crippen molar-refractivity contribution in [3.05, 3.63) is 30.7 Å². The van der Waals surface area contributed by atoms with Crippen LogP contribution in [0.5, 0.6) is 0 Å². The van der Waals surface area contributed by atoms with Crippen LogP contribution in [0.1, 0.15) is 10.4 Å². The van der Waals surface area contributed by atoms with Crippen LogP contribution in [-0.4, -0.2) is 18.0 Å². The molecule has 0 fully saturated rings. The fourth-order valence-electron chi connectivity index (χ4n) is 1.06. The number of nitrogens with two attached hydrogens (primary N) is 1. The van der Waals surface area contributed by atoms with E-state index < -0.39 is 10.9 Å². The maximum atomic E-state index is 11.4. The number of anilines is 1. The standard InChI is InChI=1S/C8H6Br2N2O4/c1-16-8(13)5-4(12(14)15)2-3(9)7(11)6(5)10/h2H,11H2,1H3. The minimum Gasteiger partial charge on any atom is -0.465 e. The molecule has 0 saturated heterocycles. The number of nitro benzene ring substituents is 1. The summed E-state index contributed by atoms with van der Waals surface area (Å²) in [5.74, 6) is -0.822. The summed E-state index contributed by atoms with van der Waals surface area (Å²) in [5, 5.41) is 10.8. The molecule has 0 atom stereocenters. The molecule has 16 heavy (non-hydrogen) atoms. The van der Waals surface area contributed by atoms with Crippen LogP contribution in [-0.2, 0) is 4.74 Å². The first-order chi connectivity index (χ1) is 7.40. The maximum absolute atomic E-state index is 11.4. The van der Waals surface area contributed by atoms with Gasteiger partial charge in [0, 0.05) is 10.5 Å². The molecule has 86 valence electrons. The summed E-state index contributed by atoms with van der Waals surface area (Å²) < 4.78 is 4.93. The average molecular weight is 354 g/mol. The van der Waals surface area contributed by atoms with Crippen LogP contribution in [0.2, 0.25) is 0 Å². The van der Waals surface area contributed by atoms with Gasteiger partial charge >= 0.3 is 5.97 Å². The zero-order valence-corrected chi connectivity index (χ0v) is 11.2. The van der Waals surface area contributed by atoms with E-state index >= 15 is 0 Å². The number of esters is 1. The fourth-order valence-corrected chi connectivity index (χ4v) is 2.32. The van der Waals surface area contributed by atoms with Gasteiger partial charge in [-0.2, -0.15) is 0 Å². The Bertz CT molecular complexity index is 476. The predicted molar refractivity (Wildman–Crippen MR) is 64.2 cm³/mol. The SMILES string of the molecule is COC(=O)c1c([N+](=O)[O-])cc(Br)c(N)c1Br. The van der Waals surface area contributed by atoms with Gasteiger partial charge < -0.3 is 10.5 Å². The summed E-state index contributed by atoms with van der Waals surface area (Å²) in [6.07, 6.45) is 0. The molecule has 0 heterocycles. The summed E-state index contributed by atoms with van der Waals surface area (Å²) in [7, 11) is 1.14. The van der Waals surface area contributed by atoms with Crippen LogP contribution in [0.3, 0.4) is 0 Å². The van der Waals surface area contributed by atoms with Gasteiger partial charge in [-0.15, -0.1) is 0 Å². The number of methoxy groups -OCH3 is 1. The van der Waals surface area contributed by atoms with E-state index in [0.717, 1.165) is 13.2 Å². The summed E-state index contributed by atoms with van der Waals surface area (Å²) in [4.78, 5) is 21.5. The van der Waals surface area contributed by atoms with E-state index in [1.807, 2.05) is 0 Å². The molecule has 0 bridgehead atoms. The van der Waals surface area contributed by atoms with Crippen LogP contribution >= 0.6 is 31.9 Å². The molecule has 0 aromatic heterocycles. The van der Waals surface area contributed by atoms with Gasteiger partial charge in [0.15, 0.2) is 5.56 Å². The predicted octanol–water partition coefficient (Wildman–Crippen LogP) is 2.49. The van der Waals surface area contributed by atoms with Crippen molar-refractivity contribution in [3.63, 3.8) is 0 Å². The second kappa shape index (κ2) is 4.79. The number of carbonyl (C=O) groups is 1. The fraction of sp³-hybridized carbons (Fsp3) is 0.125. The lowest BCUT2D eigenvalue weighted by Crippen LogP contribution is -2.08. The third-order valence-corrected chi connectivity index (χ3v) is 3.30. The lowest BCUT2D eigenvalue weighted by Gasteiger charge is -2.07. The van der Waals surface area contributed by atoms with Crippen molar-refractivity contribution in [1.82, 2.24) is 0 Å². The van der Waals surface area contributed by atoms with Crippen LogP contribution in [0.25, 0.3) is 0 Å². The van der Waals surface area contributed by atoms with Gasteiger partial charge in [-0.3, -0.25) is 10.1 Å². The Morgan fingerprint density at radius 3 is 2.56 bits per heavy atom. The lowest BCUT2D eigenvalue weighted by molar-refractivity contribution is -0.385. The highest BCUT2D eigenvalue weighted by molar-refractivity contribution is 9.11. The lowest BCUT2D eigenvalue weighted by atomic mass is 10.1. The van der Waals surface area contributed by atoms with Gasteiger partial charge in [0.25, 0.3) is 5.69 Å². The number of rotatable bonds is 2. The molecule has 0 aliphatic carbocycles. The van der Waals surface area contributed by atoms with Crippen molar-refractivity contribution >= 4 is 49.2 Å². The highest BCUT2D eigenvalue weighted by atomic mass is 79.9. The summed E-state index contributed by atoms with van der Waals surface area (Å²) in [6, 6.07) is 1.16. The molecule has 0 spiro atoms. The van der Waals surface area contributed by atoms with Crippen molar-refractivity contribution in [1.29, 1.82) is 0 Å². The molecule has 6 nitrogen and oxygen atoms in total. The zero-order valence-electron chi connectivity index (χ0n) is 7.99. The van der Waals surface area contributed by atoms with Crippen molar-refractivity contribution in [2.75, 3.05) is 12.8 Å². The first-order valence-electron chi connectivity index (χ1n) is 3.90. The molecule has 0 aliphatic rings. The number of hydrogen-bond acceptors (Lipinski definition) is 5. The van der Waals surface area contributed by atoms with E-state index in [2.05, 4.69) is 36.6 Å². The van der Waals surface area contributed by atoms with E-state index in [1.54, 1.807) is 0 Å². The van der Waals surface area contributed by atoms with Crippen molar-refractivity contribution in [2.24, 2.45) is 0 Å². The molecule has 0 radical (unpaired) electrons. The first kappa shape index (κ1) is 12.9. The summed E-state index contributed by atoms with van der Waals surface area (Å²) >= 11 is 6.09. The number of nitrogens with zero attached hydrogens (tertiary/aromatic N) is 1. The Balaban J connectivity index is 3.60. The quantitative estimate of drug-likeness (QED) is 0.381. The smallest absolute Gasteiger partial charge is 0.346 e. The van der Waals surface area contributed by atoms with Gasteiger partial charge in [0.2, 0.25) is 0 Å². The highest BCUT2D eigenvalue weighted by Crippen LogP contribution is 2.37. The van der Waals surface area contributed by atoms with Gasteiger partial charge in [0.05, 0.1) is 22.2 Å². The third-order valence-electron chi connectivity index (χ3n) is 1.82. The number of benzene rings is 1. The van der Waals surface area contributed by atoms with Crippen LogP contribution in [0.4, 0.5) is 11.4 Å². The normalized spacial score (nSPS) is 9.94. The first-order valence-corrected chi connectivity index (χ1v) is 5.49. The molecule has 8 heteroatoms. The third kappa shape index (κ3) is 2.17. The topological polar surface area (TPSA) is 95.5 Å². The molecule has 0 unspecified atom stereocenters. The Kier molecular flexibility index (Phi) is 3.87. The van der Waals surface area contributed by atoms with Gasteiger partial charge in [0.1, 0.15) is 0 Å². The molecular weight excluding hydrogens is 348 g/mol. The van der Waals surface area contributed by atoms with Gasteiger partial charge in [-0.1, -0.05) is 0 Å². The minimum absolute atomic E-state index is 0.139. The monoisotopic (exact) mass is 352 g/mol. The Hall–Kier alpha value is -1.15. The Morgan fingerprint density at radius 1 is 1.56 bits per heavy atom. The highest BCUT2D eigenvalue weighted by Gasteiger charge is 2.27. The largest absolute Gasteiger partial charge is 0.465 e. The average Bonchev–Trinajstić information content (AvgIpc) is 2.24. The minimum atomic E-state index is -0.822. The number of ether oxygens (including phenoxy) is 1. The van der Waals surface area contributed by atoms with E-state index in [1.165, 1.54) is 0 Å². The molecule has 0 aliphatic heterocycles. The molecule has 0 amide bonds. The Labute approximate surface area is 107 Å². The van der Waals surface area contributed by atoms with Gasteiger partial charge in [-0.05, 0) is 31.9 Å². The van der Waals surface area contributed by atoms with Crippen LogP contribution < -0.4 is 5.73 Å². The second-order valence-corrected chi connectivity index (χ2v) is 4.38. The number of carbonyl (C=O) groups excluding carboxylic acids is 1. The summed E-state index contributed by atoms with van der Waals surface area (Å²) in [5.41, 5.74) is 5.24. The van der Waals surface area contributed by atoms with E-state index in [0.29, 0.717) is 4.47 Å².